The lowest BCUT2D eigenvalue weighted by molar-refractivity contribution is -0.385. The number of hydrazone groups is 1. The van der Waals surface area contributed by atoms with Gasteiger partial charge in [0.15, 0.2) is 11.5 Å². The van der Waals surface area contributed by atoms with E-state index in [9.17, 15) is 20.0 Å². The number of rotatable bonds is 5. The SMILES string of the molecule is COc1cc([N+](=O)[O-])c(/C=N/NC(=O)c2ccc(Cl)cc2)cc1O. The highest BCUT2D eigenvalue weighted by Gasteiger charge is 2.17. The summed E-state index contributed by atoms with van der Waals surface area (Å²) in [6, 6.07) is 8.30. The van der Waals surface area contributed by atoms with Crippen LogP contribution in [0.2, 0.25) is 5.02 Å². The van der Waals surface area contributed by atoms with Crippen LogP contribution in [0.25, 0.3) is 0 Å². The molecule has 0 aliphatic carbocycles. The van der Waals surface area contributed by atoms with Crippen molar-refractivity contribution in [3.05, 3.63) is 62.7 Å². The van der Waals surface area contributed by atoms with E-state index >= 15 is 0 Å². The van der Waals surface area contributed by atoms with Gasteiger partial charge in [-0.25, -0.2) is 5.43 Å². The van der Waals surface area contributed by atoms with E-state index in [4.69, 9.17) is 16.3 Å². The number of amides is 1. The third kappa shape index (κ3) is 3.99. The van der Waals surface area contributed by atoms with Crippen molar-refractivity contribution in [1.82, 2.24) is 5.43 Å². The maximum atomic E-state index is 11.9. The largest absolute Gasteiger partial charge is 0.504 e. The number of benzene rings is 2. The second kappa shape index (κ2) is 7.42. The molecule has 2 N–H and O–H groups in total. The Kier molecular flexibility index (Phi) is 5.33. The molecule has 0 saturated heterocycles. The number of nitro benzene ring substituents is 1. The second-order valence-electron chi connectivity index (χ2n) is 4.55. The van der Waals surface area contributed by atoms with Crippen LogP contribution in [0.5, 0.6) is 11.5 Å². The molecule has 24 heavy (non-hydrogen) atoms. The molecule has 0 radical (unpaired) electrons. The first-order valence-corrected chi connectivity index (χ1v) is 6.94. The summed E-state index contributed by atoms with van der Waals surface area (Å²) in [5.41, 5.74) is 2.24. The fraction of sp³-hybridized carbons (Fsp3) is 0.0667. The van der Waals surface area contributed by atoms with Gasteiger partial charge in [0.05, 0.1) is 29.9 Å². The fourth-order valence-electron chi connectivity index (χ4n) is 1.83. The van der Waals surface area contributed by atoms with E-state index < -0.39 is 10.8 Å². The number of nitrogens with zero attached hydrogens (tertiary/aromatic N) is 2. The van der Waals surface area contributed by atoms with Gasteiger partial charge in [-0.1, -0.05) is 11.6 Å². The van der Waals surface area contributed by atoms with Crippen LogP contribution in [0, 0.1) is 10.1 Å². The summed E-state index contributed by atoms with van der Waals surface area (Å²) in [5.74, 6) is -0.832. The molecule has 9 heteroatoms. The minimum Gasteiger partial charge on any atom is -0.504 e. The number of ether oxygens (including phenoxy) is 1. The number of phenols is 1. The van der Waals surface area contributed by atoms with E-state index in [2.05, 4.69) is 10.5 Å². The van der Waals surface area contributed by atoms with Gasteiger partial charge in [0.2, 0.25) is 0 Å². The Balaban J connectivity index is 2.19. The Morgan fingerprint density at radius 2 is 2.04 bits per heavy atom. The predicted octanol–water partition coefficient (Wildman–Crippen LogP) is 2.73. The molecule has 0 bridgehead atoms. The topological polar surface area (TPSA) is 114 Å². The molecular weight excluding hydrogens is 338 g/mol. The van der Waals surface area contributed by atoms with Crippen LogP contribution >= 0.6 is 11.6 Å². The first-order chi connectivity index (χ1) is 11.4. The molecule has 0 atom stereocenters. The van der Waals surface area contributed by atoms with Crippen LogP contribution in [0.3, 0.4) is 0 Å². The van der Waals surface area contributed by atoms with E-state index in [1.54, 1.807) is 12.1 Å². The summed E-state index contributed by atoms with van der Waals surface area (Å²) in [6.07, 6.45) is 1.06. The third-order valence-corrected chi connectivity index (χ3v) is 3.25. The zero-order valence-electron chi connectivity index (χ0n) is 12.4. The van der Waals surface area contributed by atoms with Crippen molar-refractivity contribution in [3.63, 3.8) is 0 Å². The van der Waals surface area contributed by atoms with Gasteiger partial charge in [-0.05, 0) is 30.3 Å². The van der Waals surface area contributed by atoms with E-state index in [-0.39, 0.29) is 22.7 Å². The van der Waals surface area contributed by atoms with Crippen LogP contribution in [0.1, 0.15) is 15.9 Å². The Morgan fingerprint density at radius 3 is 2.62 bits per heavy atom. The van der Waals surface area contributed by atoms with Crippen LogP contribution < -0.4 is 10.2 Å². The molecule has 8 nitrogen and oxygen atoms in total. The number of aromatic hydroxyl groups is 1. The van der Waals surface area contributed by atoms with Crippen molar-refractivity contribution in [2.75, 3.05) is 7.11 Å². The molecule has 0 aliphatic heterocycles. The Bertz CT molecular complexity index is 806. The van der Waals surface area contributed by atoms with Crippen molar-refractivity contribution < 1.29 is 19.6 Å². The number of carbonyl (C=O) groups is 1. The second-order valence-corrected chi connectivity index (χ2v) is 4.98. The molecule has 2 aromatic rings. The van der Waals surface area contributed by atoms with Crippen molar-refractivity contribution >= 4 is 29.4 Å². The number of carbonyl (C=O) groups excluding carboxylic acids is 1. The van der Waals surface area contributed by atoms with E-state index in [1.807, 2.05) is 0 Å². The number of nitro groups is 1. The number of halogens is 1. The molecular formula is C15H12ClN3O5. The van der Waals surface area contributed by atoms with Gasteiger partial charge in [-0.15, -0.1) is 0 Å². The summed E-state index contributed by atoms with van der Waals surface area (Å²) < 4.78 is 4.82. The summed E-state index contributed by atoms with van der Waals surface area (Å²) in [4.78, 5) is 22.3. The lowest BCUT2D eigenvalue weighted by Gasteiger charge is -2.05. The molecule has 0 unspecified atom stereocenters. The van der Waals surface area contributed by atoms with Gasteiger partial charge in [-0.2, -0.15) is 5.10 Å². The summed E-state index contributed by atoms with van der Waals surface area (Å²) in [5, 5.41) is 24.9. The van der Waals surface area contributed by atoms with Crippen molar-refractivity contribution in [2.45, 2.75) is 0 Å². The van der Waals surface area contributed by atoms with Gasteiger partial charge in [0.1, 0.15) is 0 Å². The molecule has 0 fully saturated rings. The monoisotopic (exact) mass is 349 g/mol. The maximum absolute atomic E-state index is 11.9. The lowest BCUT2D eigenvalue weighted by Crippen LogP contribution is -2.17. The first kappa shape index (κ1) is 17.2. The highest BCUT2D eigenvalue weighted by atomic mass is 35.5. The summed E-state index contributed by atoms with van der Waals surface area (Å²) >= 11 is 5.73. The average Bonchev–Trinajstić information content (AvgIpc) is 2.55. The molecule has 2 rings (SSSR count). The number of phenolic OH excluding ortho intramolecular Hbond substituents is 1. The normalized spacial score (nSPS) is 10.6. The lowest BCUT2D eigenvalue weighted by atomic mass is 10.1. The predicted molar refractivity (Wildman–Crippen MR) is 87.8 cm³/mol. The number of nitrogens with one attached hydrogen (secondary N) is 1. The minimum atomic E-state index is -0.648. The van der Waals surface area contributed by atoms with Crippen molar-refractivity contribution in [1.29, 1.82) is 0 Å². The minimum absolute atomic E-state index is 0.00899. The standard InChI is InChI=1S/C15H12ClN3O5/c1-24-14-7-12(19(22)23)10(6-13(14)20)8-17-18-15(21)9-2-4-11(16)5-3-9/h2-8,20H,1H3,(H,18,21)/b17-8+. The van der Waals surface area contributed by atoms with Crippen LogP contribution in [-0.4, -0.2) is 29.3 Å². The fourth-order valence-corrected chi connectivity index (χ4v) is 1.95. The highest BCUT2D eigenvalue weighted by molar-refractivity contribution is 6.30. The Labute approximate surface area is 141 Å². The van der Waals surface area contributed by atoms with E-state index in [1.165, 1.54) is 19.2 Å². The molecule has 1 amide bonds. The van der Waals surface area contributed by atoms with Crippen LogP contribution in [0.4, 0.5) is 5.69 Å². The average molecular weight is 350 g/mol. The van der Waals surface area contributed by atoms with E-state index in [0.29, 0.717) is 10.6 Å². The zero-order valence-corrected chi connectivity index (χ0v) is 13.1. The molecule has 2 aromatic carbocycles. The van der Waals surface area contributed by atoms with Gasteiger partial charge in [-0.3, -0.25) is 14.9 Å². The quantitative estimate of drug-likeness (QED) is 0.489. The molecule has 0 spiro atoms. The molecule has 124 valence electrons. The molecule has 0 heterocycles. The smallest absolute Gasteiger partial charge is 0.282 e. The molecule has 0 aliphatic rings. The van der Waals surface area contributed by atoms with Crippen LogP contribution in [0.15, 0.2) is 41.5 Å². The van der Waals surface area contributed by atoms with Gasteiger partial charge in [0.25, 0.3) is 11.6 Å². The Morgan fingerprint density at radius 1 is 1.38 bits per heavy atom. The van der Waals surface area contributed by atoms with Gasteiger partial charge < -0.3 is 9.84 Å². The zero-order chi connectivity index (χ0) is 17.7. The van der Waals surface area contributed by atoms with Crippen LogP contribution in [-0.2, 0) is 0 Å². The van der Waals surface area contributed by atoms with Crippen molar-refractivity contribution in [2.24, 2.45) is 5.10 Å². The van der Waals surface area contributed by atoms with E-state index in [0.717, 1.165) is 18.3 Å². The Hall–Kier alpha value is -3.13. The highest BCUT2D eigenvalue weighted by Crippen LogP contribution is 2.32. The van der Waals surface area contributed by atoms with Crippen molar-refractivity contribution in [3.8, 4) is 11.5 Å². The third-order valence-electron chi connectivity index (χ3n) is 3.00. The first-order valence-electron chi connectivity index (χ1n) is 6.56. The number of methoxy groups -OCH3 is 1. The van der Waals surface area contributed by atoms with Gasteiger partial charge in [0, 0.05) is 10.6 Å². The summed E-state index contributed by atoms with van der Waals surface area (Å²) in [6.45, 7) is 0. The maximum Gasteiger partial charge on any atom is 0.282 e. The van der Waals surface area contributed by atoms with Gasteiger partial charge >= 0.3 is 0 Å². The number of hydrogen-bond donors (Lipinski definition) is 2. The molecule has 0 aromatic heterocycles. The molecule has 0 saturated carbocycles. The summed E-state index contributed by atoms with van der Waals surface area (Å²) in [7, 11) is 1.28. The number of hydrogen-bond acceptors (Lipinski definition) is 6.